The first-order valence-electron chi connectivity index (χ1n) is 7.01. The van der Waals surface area contributed by atoms with Crippen LogP contribution in [0.4, 0.5) is 0 Å². The molecule has 1 aliphatic rings. The lowest BCUT2D eigenvalue weighted by Gasteiger charge is -2.26. The lowest BCUT2D eigenvalue weighted by Crippen LogP contribution is -2.38. The molecule has 19 heavy (non-hydrogen) atoms. The van der Waals surface area contributed by atoms with E-state index in [4.69, 9.17) is 4.74 Å². The minimum Gasteiger partial charge on any atom is -0.496 e. The summed E-state index contributed by atoms with van der Waals surface area (Å²) in [6, 6.07) is 12.8. The Kier molecular flexibility index (Phi) is 3.19. The van der Waals surface area contributed by atoms with Crippen LogP contribution in [0.2, 0.25) is 0 Å². The van der Waals surface area contributed by atoms with Crippen LogP contribution in [0.3, 0.4) is 0 Å². The third-order valence-electron chi connectivity index (χ3n) is 4.24. The largest absolute Gasteiger partial charge is 0.496 e. The van der Waals surface area contributed by atoms with Gasteiger partial charge in [-0.3, -0.25) is 0 Å². The Morgan fingerprint density at radius 3 is 2.79 bits per heavy atom. The van der Waals surface area contributed by atoms with E-state index >= 15 is 0 Å². The molecule has 0 amide bonds. The highest BCUT2D eigenvalue weighted by atomic mass is 16.5. The summed E-state index contributed by atoms with van der Waals surface area (Å²) in [6.07, 6.45) is 3.53. The van der Waals surface area contributed by atoms with Gasteiger partial charge in [0.15, 0.2) is 0 Å². The van der Waals surface area contributed by atoms with Crippen LogP contribution in [-0.2, 0) is 6.42 Å². The lowest BCUT2D eigenvalue weighted by molar-refractivity contribution is 0.384. The first-order valence-corrected chi connectivity index (χ1v) is 7.01. The van der Waals surface area contributed by atoms with Crippen LogP contribution in [0.25, 0.3) is 10.8 Å². The van der Waals surface area contributed by atoms with Crippen molar-refractivity contribution < 1.29 is 4.74 Å². The van der Waals surface area contributed by atoms with Gasteiger partial charge in [0, 0.05) is 11.1 Å². The van der Waals surface area contributed by atoms with E-state index < -0.39 is 0 Å². The highest BCUT2D eigenvalue weighted by Gasteiger charge is 2.29. The van der Waals surface area contributed by atoms with E-state index in [1.54, 1.807) is 7.11 Å². The summed E-state index contributed by atoms with van der Waals surface area (Å²) >= 11 is 0. The molecular formula is C17H21NO. The van der Waals surface area contributed by atoms with Gasteiger partial charge in [-0.15, -0.1) is 0 Å². The molecule has 0 aromatic heterocycles. The molecular weight excluding hydrogens is 234 g/mol. The normalized spacial score (nSPS) is 22.8. The summed E-state index contributed by atoms with van der Waals surface area (Å²) in [5.41, 5.74) is 1.54. The molecule has 0 aliphatic carbocycles. The molecule has 1 unspecified atom stereocenters. The Bertz CT molecular complexity index is 585. The fourth-order valence-electron chi connectivity index (χ4n) is 3.19. The Morgan fingerprint density at radius 2 is 2.05 bits per heavy atom. The van der Waals surface area contributed by atoms with Crippen LogP contribution in [0.1, 0.15) is 25.3 Å². The zero-order valence-electron chi connectivity index (χ0n) is 11.7. The summed E-state index contributed by atoms with van der Waals surface area (Å²) in [5.74, 6) is 1.01. The van der Waals surface area contributed by atoms with Gasteiger partial charge in [0.2, 0.25) is 0 Å². The van der Waals surface area contributed by atoms with Gasteiger partial charge in [0.1, 0.15) is 5.75 Å². The van der Waals surface area contributed by atoms with E-state index in [2.05, 4.69) is 48.6 Å². The van der Waals surface area contributed by atoms with Crippen molar-refractivity contribution in [1.29, 1.82) is 0 Å². The molecule has 1 fully saturated rings. The van der Waals surface area contributed by atoms with Gasteiger partial charge >= 0.3 is 0 Å². The second-order valence-corrected chi connectivity index (χ2v) is 5.74. The van der Waals surface area contributed by atoms with Gasteiger partial charge < -0.3 is 10.1 Å². The number of nitrogens with one attached hydrogen (secondary N) is 1. The monoisotopic (exact) mass is 255 g/mol. The first-order chi connectivity index (χ1) is 9.22. The maximum absolute atomic E-state index is 5.58. The number of hydrogen-bond acceptors (Lipinski definition) is 2. The second-order valence-electron chi connectivity index (χ2n) is 5.74. The third kappa shape index (κ3) is 2.33. The van der Waals surface area contributed by atoms with E-state index in [9.17, 15) is 0 Å². The fraction of sp³-hybridized carbons (Fsp3) is 0.412. The Balaban J connectivity index is 2.09. The maximum Gasteiger partial charge on any atom is 0.122 e. The second kappa shape index (κ2) is 4.86. The Morgan fingerprint density at radius 1 is 1.21 bits per heavy atom. The van der Waals surface area contributed by atoms with Crippen LogP contribution in [0, 0.1) is 0 Å². The number of fused-ring (bicyclic) bond motifs is 1. The number of methoxy groups -OCH3 is 1. The van der Waals surface area contributed by atoms with Gasteiger partial charge in [-0.2, -0.15) is 0 Å². The van der Waals surface area contributed by atoms with Crippen molar-refractivity contribution in [2.45, 2.75) is 31.7 Å². The average Bonchev–Trinajstić information content (AvgIpc) is 2.86. The van der Waals surface area contributed by atoms with E-state index in [1.165, 1.54) is 29.2 Å². The Labute approximate surface area is 114 Å². The Hall–Kier alpha value is -1.54. The van der Waals surface area contributed by atoms with E-state index in [0.29, 0.717) is 0 Å². The molecule has 0 spiro atoms. The van der Waals surface area contributed by atoms with E-state index in [1.807, 2.05) is 0 Å². The van der Waals surface area contributed by atoms with Crippen LogP contribution in [-0.4, -0.2) is 19.2 Å². The molecule has 1 heterocycles. The summed E-state index contributed by atoms with van der Waals surface area (Å²) in [6.45, 7) is 3.45. The number of ether oxygens (including phenoxy) is 1. The first kappa shape index (κ1) is 12.5. The molecule has 1 N–H and O–H groups in total. The zero-order valence-corrected chi connectivity index (χ0v) is 11.7. The smallest absolute Gasteiger partial charge is 0.122 e. The van der Waals surface area contributed by atoms with Crippen molar-refractivity contribution in [2.24, 2.45) is 0 Å². The average molecular weight is 255 g/mol. The van der Waals surface area contributed by atoms with Gasteiger partial charge in [-0.25, -0.2) is 0 Å². The fourth-order valence-corrected chi connectivity index (χ4v) is 3.19. The van der Waals surface area contributed by atoms with Crippen LogP contribution in [0.15, 0.2) is 36.4 Å². The third-order valence-corrected chi connectivity index (χ3v) is 4.24. The van der Waals surface area contributed by atoms with Gasteiger partial charge in [0.25, 0.3) is 0 Å². The molecule has 100 valence electrons. The highest BCUT2D eigenvalue weighted by Crippen LogP contribution is 2.33. The number of benzene rings is 2. The van der Waals surface area contributed by atoms with Crippen molar-refractivity contribution in [3.8, 4) is 5.75 Å². The predicted molar refractivity (Wildman–Crippen MR) is 79.8 cm³/mol. The topological polar surface area (TPSA) is 21.3 Å². The lowest BCUT2D eigenvalue weighted by atomic mass is 9.88. The molecule has 1 saturated heterocycles. The molecule has 2 heteroatoms. The summed E-state index contributed by atoms with van der Waals surface area (Å²) in [5, 5.41) is 6.25. The van der Waals surface area contributed by atoms with Crippen molar-refractivity contribution in [2.75, 3.05) is 13.7 Å². The van der Waals surface area contributed by atoms with Gasteiger partial charge in [0.05, 0.1) is 7.11 Å². The molecule has 1 atom stereocenters. The van der Waals surface area contributed by atoms with Crippen LogP contribution >= 0.6 is 0 Å². The van der Waals surface area contributed by atoms with Crippen molar-refractivity contribution in [3.05, 3.63) is 42.0 Å². The SMILES string of the molecule is COc1ccc2ccccc2c1CC1(C)CCCN1. The molecule has 0 saturated carbocycles. The number of hydrogen-bond donors (Lipinski definition) is 1. The standard InChI is InChI=1S/C17H21NO/c1-17(10-5-11-18-17)12-15-14-7-4-3-6-13(14)8-9-16(15)19-2/h3-4,6-9,18H,5,10-12H2,1-2H3. The minimum absolute atomic E-state index is 0.206. The minimum atomic E-state index is 0.206. The predicted octanol–water partition coefficient (Wildman–Crippen LogP) is 3.53. The molecule has 2 nitrogen and oxygen atoms in total. The summed E-state index contributed by atoms with van der Waals surface area (Å²) < 4.78 is 5.58. The summed E-state index contributed by atoms with van der Waals surface area (Å²) in [7, 11) is 1.76. The van der Waals surface area contributed by atoms with Gasteiger partial charge in [-0.05, 0) is 49.6 Å². The van der Waals surface area contributed by atoms with E-state index in [-0.39, 0.29) is 5.54 Å². The summed E-state index contributed by atoms with van der Waals surface area (Å²) in [4.78, 5) is 0. The van der Waals surface area contributed by atoms with E-state index in [0.717, 1.165) is 18.7 Å². The zero-order chi connectivity index (χ0) is 13.3. The maximum atomic E-state index is 5.58. The highest BCUT2D eigenvalue weighted by molar-refractivity contribution is 5.87. The molecule has 0 bridgehead atoms. The van der Waals surface area contributed by atoms with Crippen molar-refractivity contribution >= 4 is 10.8 Å². The van der Waals surface area contributed by atoms with Crippen molar-refractivity contribution in [1.82, 2.24) is 5.32 Å². The molecule has 3 rings (SSSR count). The molecule has 2 aromatic rings. The van der Waals surface area contributed by atoms with Gasteiger partial charge in [-0.1, -0.05) is 30.3 Å². The van der Waals surface area contributed by atoms with Crippen LogP contribution in [0.5, 0.6) is 5.75 Å². The van der Waals surface area contributed by atoms with Crippen molar-refractivity contribution in [3.63, 3.8) is 0 Å². The quantitative estimate of drug-likeness (QED) is 0.906. The van der Waals surface area contributed by atoms with Crippen LogP contribution < -0.4 is 10.1 Å². The number of rotatable bonds is 3. The molecule has 1 aliphatic heterocycles. The molecule has 0 radical (unpaired) electrons. The molecule has 2 aromatic carbocycles.